The molecule has 0 aromatic heterocycles. The van der Waals surface area contributed by atoms with E-state index < -0.39 is 6.10 Å². The summed E-state index contributed by atoms with van der Waals surface area (Å²) in [6.45, 7) is 5.68. The van der Waals surface area contributed by atoms with E-state index in [0.29, 0.717) is 5.92 Å². The number of carbonyl (C=O) groups excluding carboxylic acids is 1. The summed E-state index contributed by atoms with van der Waals surface area (Å²) < 4.78 is 0. The maximum Gasteiger partial charge on any atom is 0.318 e. The van der Waals surface area contributed by atoms with Gasteiger partial charge in [0.2, 0.25) is 0 Å². The topological polar surface area (TPSA) is 72.8 Å². The second kappa shape index (κ2) is 8.49. The van der Waals surface area contributed by atoms with E-state index in [0.717, 1.165) is 19.3 Å². The highest BCUT2D eigenvalue weighted by Crippen LogP contribution is 2.33. The zero-order valence-corrected chi connectivity index (χ0v) is 14.9. The van der Waals surface area contributed by atoms with E-state index >= 15 is 0 Å². The molecule has 24 heavy (non-hydrogen) atoms. The Morgan fingerprint density at radius 2 is 2.08 bits per heavy atom. The summed E-state index contributed by atoms with van der Waals surface area (Å²) in [6.07, 6.45) is 2.58. The number of rotatable bonds is 5. The van der Waals surface area contributed by atoms with Gasteiger partial charge in [-0.2, -0.15) is 0 Å². The summed E-state index contributed by atoms with van der Waals surface area (Å²) in [6, 6.07) is 7.68. The number of fused-ring (bicyclic) bond motifs is 1. The van der Waals surface area contributed by atoms with E-state index in [9.17, 15) is 15.0 Å². The van der Waals surface area contributed by atoms with Gasteiger partial charge in [0.05, 0.1) is 24.8 Å². The number of carbonyl (C=O) groups is 1. The van der Waals surface area contributed by atoms with Crippen LogP contribution in [0.2, 0.25) is 0 Å². The molecule has 0 radical (unpaired) electrons. The van der Waals surface area contributed by atoms with Crippen molar-refractivity contribution in [1.29, 1.82) is 0 Å². The van der Waals surface area contributed by atoms with Crippen molar-refractivity contribution in [3.8, 4) is 0 Å². The standard InChI is InChI=1S/C19H30N2O3/c1-13-7-6-9-16-8-4-5-10-17(16)18(13)20-19(24)21(11-15(3)23)14(2)12-22/h4-5,8,10,13-15,18,22-23H,6-7,9,11-12H2,1-3H3,(H,20,24)/t13-,14-,15-,18-/m0/s1. The molecular weight excluding hydrogens is 304 g/mol. The highest BCUT2D eigenvalue weighted by atomic mass is 16.3. The van der Waals surface area contributed by atoms with Gasteiger partial charge in [-0.05, 0) is 50.2 Å². The van der Waals surface area contributed by atoms with Gasteiger partial charge >= 0.3 is 6.03 Å². The highest BCUT2D eigenvalue weighted by molar-refractivity contribution is 5.75. The third-order valence-electron chi connectivity index (χ3n) is 4.86. The number of hydrogen-bond donors (Lipinski definition) is 3. The molecule has 3 N–H and O–H groups in total. The Balaban J connectivity index is 2.21. The van der Waals surface area contributed by atoms with Crippen molar-refractivity contribution in [1.82, 2.24) is 10.2 Å². The second-order valence-electron chi connectivity index (χ2n) is 7.03. The van der Waals surface area contributed by atoms with Crippen LogP contribution in [0, 0.1) is 5.92 Å². The smallest absolute Gasteiger partial charge is 0.318 e. The lowest BCUT2D eigenvalue weighted by atomic mass is 9.92. The predicted octanol–water partition coefficient (Wildman–Crippen LogP) is 2.47. The van der Waals surface area contributed by atoms with Gasteiger partial charge in [-0.1, -0.05) is 31.2 Å². The number of hydrogen-bond acceptors (Lipinski definition) is 3. The van der Waals surface area contributed by atoms with Gasteiger partial charge in [-0.15, -0.1) is 0 Å². The molecule has 0 fully saturated rings. The fourth-order valence-electron chi connectivity index (χ4n) is 3.44. The molecule has 0 aliphatic heterocycles. The third-order valence-corrected chi connectivity index (χ3v) is 4.86. The van der Waals surface area contributed by atoms with Crippen LogP contribution in [0.5, 0.6) is 0 Å². The Morgan fingerprint density at radius 1 is 1.38 bits per heavy atom. The minimum absolute atomic E-state index is 0.0430. The Labute approximate surface area is 144 Å². The molecule has 1 aromatic rings. The summed E-state index contributed by atoms with van der Waals surface area (Å²) in [4.78, 5) is 14.3. The van der Waals surface area contributed by atoms with Crippen molar-refractivity contribution in [3.05, 3.63) is 35.4 Å². The van der Waals surface area contributed by atoms with Gasteiger partial charge in [0, 0.05) is 6.54 Å². The van der Waals surface area contributed by atoms with Gasteiger partial charge in [0.15, 0.2) is 0 Å². The fraction of sp³-hybridized carbons (Fsp3) is 0.632. The number of aliphatic hydroxyl groups is 2. The largest absolute Gasteiger partial charge is 0.394 e. The monoisotopic (exact) mass is 334 g/mol. The minimum Gasteiger partial charge on any atom is -0.394 e. The average molecular weight is 334 g/mol. The lowest BCUT2D eigenvalue weighted by molar-refractivity contribution is 0.0912. The highest BCUT2D eigenvalue weighted by Gasteiger charge is 2.29. The average Bonchev–Trinajstić information content (AvgIpc) is 2.71. The van der Waals surface area contributed by atoms with Crippen LogP contribution in [0.4, 0.5) is 4.79 Å². The molecule has 1 aliphatic rings. The van der Waals surface area contributed by atoms with Crippen LogP contribution in [0.1, 0.15) is 50.8 Å². The molecule has 5 nitrogen and oxygen atoms in total. The normalized spacial score (nSPS) is 22.9. The first kappa shape index (κ1) is 18.7. The van der Waals surface area contributed by atoms with Crippen LogP contribution < -0.4 is 5.32 Å². The first-order chi connectivity index (χ1) is 11.4. The van der Waals surface area contributed by atoms with E-state index in [2.05, 4.69) is 24.4 Å². The number of aryl methyl sites for hydroxylation is 1. The molecule has 0 unspecified atom stereocenters. The Hall–Kier alpha value is -1.59. The molecule has 1 aromatic carbocycles. The Bertz CT molecular complexity index is 547. The molecule has 0 saturated carbocycles. The van der Waals surface area contributed by atoms with Crippen molar-refractivity contribution in [2.75, 3.05) is 13.2 Å². The molecule has 0 bridgehead atoms. The molecule has 0 spiro atoms. The minimum atomic E-state index is -0.636. The third kappa shape index (κ3) is 4.48. The van der Waals surface area contributed by atoms with E-state index in [-0.39, 0.29) is 31.3 Å². The summed E-state index contributed by atoms with van der Waals surface area (Å²) >= 11 is 0. The van der Waals surface area contributed by atoms with Crippen molar-refractivity contribution >= 4 is 6.03 Å². The Morgan fingerprint density at radius 3 is 2.75 bits per heavy atom. The van der Waals surface area contributed by atoms with Crippen LogP contribution in [0.3, 0.4) is 0 Å². The molecule has 2 rings (SSSR count). The van der Waals surface area contributed by atoms with Gasteiger partial charge in [-0.3, -0.25) is 0 Å². The van der Waals surface area contributed by atoms with Crippen LogP contribution in [-0.4, -0.2) is 46.4 Å². The predicted molar refractivity (Wildman–Crippen MR) is 94.8 cm³/mol. The quantitative estimate of drug-likeness (QED) is 0.724. The molecule has 0 heterocycles. The maximum atomic E-state index is 12.8. The number of amides is 2. The number of nitrogens with one attached hydrogen (secondary N) is 1. The van der Waals surface area contributed by atoms with Gasteiger partial charge in [0.1, 0.15) is 0 Å². The zero-order valence-electron chi connectivity index (χ0n) is 14.9. The van der Waals surface area contributed by atoms with Crippen molar-refractivity contribution in [3.63, 3.8) is 0 Å². The van der Waals surface area contributed by atoms with E-state index in [1.165, 1.54) is 16.0 Å². The molecule has 0 saturated heterocycles. The number of aliphatic hydroxyl groups excluding tert-OH is 2. The summed E-state index contributed by atoms with van der Waals surface area (Å²) in [5.74, 6) is 0.343. The van der Waals surface area contributed by atoms with Crippen LogP contribution in [0.15, 0.2) is 24.3 Å². The molecule has 1 aliphatic carbocycles. The summed E-state index contributed by atoms with van der Waals surface area (Å²) in [5.41, 5.74) is 2.48. The van der Waals surface area contributed by atoms with Crippen LogP contribution in [-0.2, 0) is 6.42 Å². The molecule has 134 valence electrons. The Kier molecular flexibility index (Phi) is 6.63. The van der Waals surface area contributed by atoms with E-state index in [1.54, 1.807) is 13.8 Å². The van der Waals surface area contributed by atoms with Crippen molar-refractivity contribution in [2.45, 2.75) is 58.2 Å². The maximum absolute atomic E-state index is 12.8. The molecular formula is C19H30N2O3. The van der Waals surface area contributed by atoms with Crippen molar-refractivity contribution < 1.29 is 15.0 Å². The van der Waals surface area contributed by atoms with Crippen LogP contribution in [0.25, 0.3) is 0 Å². The lowest BCUT2D eigenvalue weighted by Gasteiger charge is -2.33. The summed E-state index contributed by atoms with van der Waals surface area (Å²) in [7, 11) is 0. The summed E-state index contributed by atoms with van der Waals surface area (Å²) in [5, 5.41) is 22.2. The zero-order chi connectivity index (χ0) is 17.7. The van der Waals surface area contributed by atoms with Gasteiger partial charge in [0.25, 0.3) is 0 Å². The molecule has 2 amide bonds. The molecule has 5 heteroatoms. The number of urea groups is 1. The first-order valence-corrected chi connectivity index (χ1v) is 8.87. The van der Waals surface area contributed by atoms with E-state index in [4.69, 9.17) is 0 Å². The van der Waals surface area contributed by atoms with Crippen LogP contribution >= 0.6 is 0 Å². The second-order valence-corrected chi connectivity index (χ2v) is 7.03. The van der Waals surface area contributed by atoms with Gasteiger partial charge < -0.3 is 20.4 Å². The van der Waals surface area contributed by atoms with Crippen molar-refractivity contribution in [2.24, 2.45) is 5.92 Å². The molecule has 4 atom stereocenters. The van der Waals surface area contributed by atoms with Gasteiger partial charge in [-0.25, -0.2) is 4.79 Å². The number of benzene rings is 1. The first-order valence-electron chi connectivity index (χ1n) is 8.87. The SMILES string of the molecule is C[C@H](O)CN(C(=O)N[C@@H]1c2ccccc2CCC[C@@H]1C)[C@@H](C)CO. The number of nitrogens with zero attached hydrogens (tertiary/aromatic N) is 1. The lowest BCUT2D eigenvalue weighted by Crippen LogP contribution is -2.50. The fourth-order valence-corrected chi connectivity index (χ4v) is 3.44. The van der Waals surface area contributed by atoms with E-state index in [1.807, 2.05) is 12.1 Å².